The van der Waals surface area contributed by atoms with Crippen molar-refractivity contribution in [2.45, 2.75) is 0 Å². The van der Waals surface area contributed by atoms with Gasteiger partial charge in [-0.1, -0.05) is 29.3 Å². The van der Waals surface area contributed by atoms with Gasteiger partial charge in [-0.2, -0.15) is 0 Å². The van der Waals surface area contributed by atoms with Gasteiger partial charge in [0.05, 0.1) is 10.0 Å². The van der Waals surface area contributed by atoms with E-state index in [4.69, 9.17) is 34.8 Å². The molecule has 0 radical (unpaired) electrons. The first-order valence-corrected chi connectivity index (χ1v) is 4.15. The molecular formula is C7H9Cl3N4. The number of hydrogen-bond donors (Lipinski definition) is 3. The first-order chi connectivity index (χ1) is 6.15. The summed E-state index contributed by atoms with van der Waals surface area (Å²) in [6, 6.07) is 5.04. The van der Waals surface area contributed by atoms with E-state index in [-0.39, 0.29) is 18.4 Å². The molecule has 1 aromatic carbocycles. The number of halogens is 3. The molecule has 0 bridgehead atoms. The zero-order valence-electron chi connectivity index (χ0n) is 7.00. The smallest absolute Gasteiger partial charge is 0.208 e. The first-order valence-electron chi connectivity index (χ1n) is 3.40. The standard InChI is InChI=1S/C7H8Cl2N4.ClH/c8-4-2-1-3-5(9)6(4)12-7(10)13-11;/h1-3H,11H2,(H3,10,12,13);1H. The lowest BCUT2D eigenvalue weighted by Gasteiger charge is -2.02. The Morgan fingerprint density at radius 2 is 1.79 bits per heavy atom. The van der Waals surface area contributed by atoms with Crippen LogP contribution in [-0.2, 0) is 0 Å². The summed E-state index contributed by atoms with van der Waals surface area (Å²) in [7, 11) is 0. The van der Waals surface area contributed by atoms with Crippen LogP contribution in [0.5, 0.6) is 0 Å². The highest BCUT2D eigenvalue weighted by Gasteiger charge is 2.03. The van der Waals surface area contributed by atoms with Crippen molar-refractivity contribution in [1.82, 2.24) is 5.43 Å². The van der Waals surface area contributed by atoms with Crippen molar-refractivity contribution in [3.8, 4) is 0 Å². The Balaban J connectivity index is 0.00000169. The quantitative estimate of drug-likeness (QED) is 0.310. The van der Waals surface area contributed by atoms with Gasteiger partial charge in [-0.3, -0.25) is 5.43 Å². The minimum Gasteiger partial charge on any atom is -0.369 e. The van der Waals surface area contributed by atoms with Gasteiger partial charge in [0.1, 0.15) is 5.69 Å². The van der Waals surface area contributed by atoms with Crippen molar-refractivity contribution in [2.75, 3.05) is 0 Å². The topological polar surface area (TPSA) is 76.4 Å². The maximum atomic E-state index is 5.81. The molecule has 4 nitrogen and oxygen atoms in total. The van der Waals surface area contributed by atoms with Crippen LogP contribution >= 0.6 is 35.6 Å². The Hall–Kier alpha value is -0.680. The van der Waals surface area contributed by atoms with Crippen molar-refractivity contribution in [2.24, 2.45) is 16.6 Å². The number of guanidine groups is 1. The van der Waals surface area contributed by atoms with Crippen molar-refractivity contribution in [3.05, 3.63) is 28.2 Å². The van der Waals surface area contributed by atoms with Crippen LogP contribution in [0, 0.1) is 0 Å². The van der Waals surface area contributed by atoms with Gasteiger partial charge in [0.15, 0.2) is 0 Å². The molecule has 0 heterocycles. The number of para-hydroxylation sites is 1. The molecule has 0 aliphatic rings. The summed E-state index contributed by atoms with van der Waals surface area (Å²) in [5.41, 5.74) is 7.92. The summed E-state index contributed by atoms with van der Waals surface area (Å²) >= 11 is 11.6. The van der Waals surface area contributed by atoms with Crippen molar-refractivity contribution in [1.29, 1.82) is 0 Å². The van der Waals surface area contributed by atoms with Crippen LogP contribution in [-0.4, -0.2) is 5.96 Å². The Morgan fingerprint density at radius 3 is 2.21 bits per heavy atom. The molecule has 1 rings (SSSR count). The van der Waals surface area contributed by atoms with Gasteiger partial charge in [-0.15, -0.1) is 12.4 Å². The number of hydrazine groups is 1. The van der Waals surface area contributed by atoms with E-state index < -0.39 is 0 Å². The highest BCUT2D eigenvalue weighted by atomic mass is 35.5. The zero-order chi connectivity index (χ0) is 9.84. The minimum atomic E-state index is 0. The molecule has 0 fully saturated rings. The molecule has 0 aliphatic carbocycles. The number of nitrogens with one attached hydrogen (secondary N) is 1. The second-order valence-electron chi connectivity index (χ2n) is 2.21. The highest BCUT2D eigenvalue weighted by molar-refractivity contribution is 6.38. The molecule has 0 spiro atoms. The average molecular weight is 256 g/mol. The maximum Gasteiger partial charge on any atom is 0.208 e. The first kappa shape index (κ1) is 13.3. The van der Waals surface area contributed by atoms with E-state index in [9.17, 15) is 0 Å². The number of hydrogen-bond acceptors (Lipinski definition) is 2. The molecule has 0 unspecified atom stereocenters. The molecule has 0 saturated carbocycles. The van der Waals surface area contributed by atoms with Gasteiger partial charge in [-0.25, -0.2) is 10.8 Å². The van der Waals surface area contributed by atoms with Gasteiger partial charge in [-0.05, 0) is 12.1 Å². The molecule has 5 N–H and O–H groups in total. The third-order valence-corrected chi connectivity index (χ3v) is 1.93. The predicted molar refractivity (Wildman–Crippen MR) is 62.3 cm³/mol. The number of nitrogens with two attached hydrogens (primary N) is 2. The lowest BCUT2D eigenvalue weighted by atomic mass is 10.3. The van der Waals surface area contributed by atoms with E-state index in [2.05, 4.69) is 10.4 Å². The second-order valence-corrected chi connectivity index (χ2v) is 3.03. The number of aliphatic imine (C=N–C) groups is 1. The van der Waals surface area contributed by atoms with Gasteiger partial charge in [0.2, 0.25) is 5.96 Å². The minimum absolute atomic E-state index is 0. The van der Waals surface area contributed by atoms with E-state index in [1.165, 1.54) is 0 Å². The lowest BCUT2D eigenvalue weighted by Crippen LogP contribution is -2.36. The predicted octanol–water partition coefficient (Wildman–Crippen LogP) is 1.82. The van der Waals surface area contributed by atoms with Gasteiger partial charge < -0.3 is 5.73 Å². The Labute approximate surface area is 97.7 Å². The van der Waals surface area contributed by atoms with Crippen LogP contribution in [0.1, 0.15) is 0 Å². The molecule has 7 heteroatoms. The van der Waals surface area contributed by atoms with Gasteiger partial charge in [0, 0.05) is 0 Å². The number of nitrogens with zero attached hydrogens (tertiary/aromatic N) is 1. The molecule has 0 atom stereocenters. The fourth-order valence-electron chi connectivity index (χ4n) is 0.749. The lowest BCUT2D eigenvalue weighted by molar-refractivity contribution is 1.01. The largest absolute Gasteiger partial charge is 0.369 e. The van der Waals surface area contributed by atoms with Crippen LogP contribution in [0.4, 0.5) is 5.69 Å². The summed E-state index contributed by atoms with van der Waals surface area (Å²) < 4.78 is 0. The monoisotopic (exact) mass is 254 g/mol. The fourth-order valence-corrected chi connectivity index (χ4v) is 1.23. The number of benzene rings is 1. The van der Waals surface area contributed by atoms with E-state index in [0.29, 0.717) is 15.7 Å². The molecule has 1 aromatic rings. The second kappa shape index (κ2) is 5.93. The maximum absolute atomic E-state index is 5.81. The van der Waals surface area contributed by atoms with E-state index in [1.54, 1.807) is 18.2 Å². The average Bonchev–Trinajstić information content (AvgIpc) is 2.11. The van der Waals surface area contributed by atoms with E-state index in [0.717, 1.165) is 0 Å². The normalized spacial score (nSPS) is 10.6. The van der Waals surface area contributed by atoms with Crippen molar-refractivity contribution >= 4 is 47.3 Å². The van der Waals surface area contributed by atoms with Crippen LogP contribution in [0.15, 0.2) is 23.2 Å². The molecule has 0 amide bonds. The zero-order valence-corrected chi connectivity index (χ0v) is 9.33. The Kier molecular flexibility index (Phi) is 5.64. The third kappa shape index (κ3) is 3.23. The Bertz CT molecular complexity index is 319. The Morgan fingerprint density at radius 1 is 1.29 bits per heavy atom. The molecule has 78 valence electrons. The SMILES string of the molecule is Cl.NNC(N)=Nc1c(Cl)cccc1Cl. The summed E-state index contributed by atoms with van der Waals surface area (Å²) in [6.45, 7) is 0. The van der Waals surface area contributed by atoms with Crippen molar-refractivity contribution in [3.63, 3.8) is 0 Å². The summed E-state index contributed by atoms with van der Waals surface area (Å²) in [5.74, 6) is 5.08. The molecule has 0 saturated heterocycles. The highest BCUT2D eigenvalue weighted by Crippen LogP contribution is 2.32. The van der Waals surface area contributed by atoms with E-state index >= 15 is 0 Å². The third-order valence-electron chi connectivity index (χ3n) is 1.32. The molecule has 0 aliphatic heterocycles. The summed E-state index contributed by atoms with van der Waals surface area (Å²) in [4.78, 5) is 3.87. The molecule has 14 heavy (non-hydrogen) atoms. The summed E-state index contributed by atoms with van der Waals surface area (Å²) in [6.07, 6.45) is 0. The van der Waals surface area contributed by atoms with Crippen LogP contribution in [0.3, 0.4) is 0 Å². The van der Waals surface area contributed by atoms with Crippen molar-refractivity contribution < 1.29 is 0 Å². The molecule has 0 aromatic heterocycles. The van der Waals surface area contributed by atoms with Crippen LogP contribution in [0.2, 0.25) is 10.0 Å². The fraction of sp³-hybridized carbons (Fsp3) is 0. The number of rotatable bonds is 1. The molecular weight excluding hydrogens is 246 g/mol. The van der Waals surface area contributed by atoms with Gasteiger partial charge >= 0.3 is 0 Å². The van der Waals surface area contributed by atoms with Gasteiger partial charge in [0.25, 0.3) is 0 Å². The van der Waals surface area contributed by atoms with Crippen LogP contribution in [0.25, 0.3) is 0 Å². The summed E-state index contributed by atoms with van der Waals surface area (Å²) in [5, 5.41) is 0.844. The van der Waals surface area contributed by atoms with Crippen LogP contribution < -0.4 is 17.0 Å². The van der Waals surface area contributed by atoms with E-state index in [1.807, 2.05) is 0 Å².